The number of halogens is 1. The van der Waals surface area contributed by atoms with Gasteiger partial charge in [-0.05, 0) is 67.8 Å². The van der Waals surface area contributed by atoms with E-state index in [0.717, 1.165) is 16.7 Å². The molecule has 3 aromatic rings. The lowest BCUT2D eigenvalue weighted by Crippen LogP contribution is -2.27. The van der Waals surface area contributed by atoms with Crippen molar-refractivity contribution >= 4 is 17.5 Å². The van der Waals surface area contributed by atoms with Gasteiger partial charge < -0.3 is 19.3 Å². The van der Waals surface area contributed by atoms with Gasteiger partial charge in [0.15, 0.2) is 11.5 Å². The molecule has 1 heterocycles. The van der Waals surface area contributed by atoms with Crippen molar-refractivity contribution < 1.29 is 18.8 Å². The molecule has 2 aromatic carbocycles. The average molecular weight is 444 g/mol. The minimum absolute atomic E-state index is 0.0425. The summed E-state index contributed by atoms with van der Waals surface area (Å²) < 4.78 is 16.0. The van der Waals surface area contributed by atoms with Crippen molar-refractivity contribution in [1.29, 1.82) is 0 Å². The molecule has 1 amide bonds. The molecule has 1 N–H and O–H groups in total. The molecular formula is C23H26ClN3O4. The SMILES string of the molecule is COc1cc(C)c(C(C)NC(=O)CCCc2nc(-c3ccc(Cl)cc3)no2)cc1OC. The third-order valence-corrected chi connectivity index (χ3v) is 5.23. The molecule has 1 aromatic heterocycles. The van der Waals surface area contributed by atoms with Crippen molar-refractivity contribution in [2.24, 2.45) is 0 Å². The first-order valence-electron chi connectivity index (χ1n) is 10.0. The zero-order valence-corrected chi connectivity index (χ0v) is 18.8. The molecule has 8 heteroatoms. The van der Waals surface area contributed by atoms with Crippen LogP contribution in [0.15, 0.2) is 40.9 Å². The Kier molecular flexibility index (Phi) is 7.52. The number of aromatic nitrogens is 2. The van der Waals surface area contributed by atoms with Crippen LogP contribution in [0.4, 0.5) is 0 Å². The van der Waals surface area contributed by atoms with Crippen LogP contribution in [0.2, 0.25) is 5.02 Å². The Bertz CT molecular complexity index is 1030. The van der Waals surface area contributed by atoms with Crippen LogP contribution in [0.3, 0.4) is 0 Å². The van der Waals surface area contributed by atoms with E-state index in [4.69, 9.17) is 25.6 Å². The van der Waals surface area contributed by atoms with Crippen molar-refractivity contribution in [2.75, 3.05) is 14.2 Å². The maximum absolute atomic E-state index is 12.4. The maximum atomic E-state index is 12.4. The summed E-state index contributed by atoms with van der Waals surface area (Å²) >= 11 is 5.90. The van der Waals surface area contributed by atoms with Crippen molar-refractivity contribution in [3.63, 3.8) is 0 Å². The highest BCUT2D eigenvalue weighted by Gasteiger charge is 2.16. The summed E-state index contributed by atoms with van der Waals surface area (Å²) in [5.74, 6) is 2.27. The van der Waals surface area contributed by atoms with E-state index in [1.165, 1.54) is 0 Å². The summed E-state index contributed by atoms with van der Waals surface area (Å²) in [6.07, 6.45) is 1.48. The number of aryl methyl sites for hydroxylation is 2. The molecule has 1 unspecified atom stereocenters. The molecule has 31 heavy (non-hydrogen) atoms. The molecule has 3 rings (SSSR count). The lowest BCUT2D eigenvalue weighted by Gasteiger charge is -2.19. The number of rotatable bonds is 9. The van der Waals surface area contributed by atoms with Gasteiger partial charge in [-0.1, -0.05) is 16.8 Å². The zero-order valence-electron chi connectivity index (χ0n) is 18.1. The molecule has 0 radical (unpaired) electrons. The van der Waals surface area contributed by atoms with Gasteiger partial charge in [-0.2, -0.15) is 4.98 Å². The van der Waals surface area contributed by atoms with Gasteiger partial charge in [0, 0.05) is 23.4 Å². The maximum Gasteiger partial charge on any atom is 0.226 e. The van der Waals surface area contributed by atoms with E-state index in [-0.39, 0.29) is 11.9 Å². The van der Waals surface area contributed by atoms with Crippen LogP contribution < -0.4 is 14.8 Å². The summed E-state index contributed by atoms with van der Waals surface area (Å²) in [7, 11) is 3.19. The van der Waals surface area contributed by atoms with Gasteiger partial charge in [-0.3, -0.25) is 4.79 Å². The summed E-state index contributed by atoms with van der Waals surface area (Å²) in [6.45, 7) is 3.93. The minimum Gasteiger partial charge on any atom is -0.493 e. The molecule has 7 nitrogen and oxygen atoms in total. The lowest BCUT2D eigenvalue weighted by atomic mass is 10.0. The number of amides is 1. The van der Waals surface area contributed by atoms with Crippen LogP contribution in [0.5, 0.6) is 11.5 Å². The number of benzene rings is 2. The highest BCUT2D eigenvalue weighted by atomic mass is 35.5. The standard InChI is InChI=1S/C23H26ClN3O4/c1-14-12-19(29-3)20(30-4)13-18(14)15(2)25-21(28)6-5-7-22-26-23(27-31-22)16-8-10-17(24)11-9-16/h8-13,15H,5-7H2,1-4H3,(H,25,28). The van der Waals surface area contributed by atoms with E-state index in [1.54, 1.807) is 26.4 Å². The molecular weight excluding hydrogens is 418 g/mol. The Morgan fingerprint density at radius 1 is 1.16 bits per heavy atom. The third kappa shape index (κ3) is 5.76. The van der Waals surface area contributed by atoms with Crippen LogP contribution in [0.25, 0.3) is 11.4 Å². The Morgan fingerprint density at radius 2 is 1.84 bits per heavy atom. The van der Waals surface area contributed by atoms with Crippen molar-refractivity contribution in [2.45, 2.75) is 39.2 Å². The van der Waals surface area contributed by atoms with Crippen molar-refractivity contribution in [1.82, 2.24) is 15.5 Å². The Balaban J connectivity index is 1.52. The predicted molar refractivity (Wildman–Crippen MR) is 119 cm³/mol. The molecule has 0 saturated carbocycles. The largest absolute Gasteiger partial charge is 0.493 e. The molecule has 0 aliphatic rings. The van der Waals surface area contributed by atoms with Gasteiger partial charge in [0.25, 0.3) is 0 Å². The van der Waals surface area contributed by atoms with Gasteiger partial charge in [0.1, 0.15) is 0 Å². The molecule has 164 valence electrons. The first-order chi connectivity index (χ1) is 14.9. The first-order valence-corrected chi connectivity index (χ1v) is 10.4. The van der Waals surface area contributed by atoms with Crippen LogP contribution >= 0.6 is 11.6 Å². The Morgan fingerprint density at radius 3 is 2.52 bits per heavy atom. The van der Waals surface area contributed by atoms with Gasteiger partial charge in [0.2, 0.25) is 17.6 Å². The second-order valence-corrected chi connectivity index (χ2v) is 7.66. The Labute approximate surface area is 186 Å². The van der Waals surface area contributed by atoms with E-state index in [0.29, 0.717) is 47.5 Å². The summed E-state index contributed by atoms with van der Waals surface area (Å²) in [5, 5.41) is 7.67. The second kappa shape index (κ2) is 10.3. The topological polar surface area (TPSA) is 86.5 Å². The normalized spacial score (nSPS) is 11.8. The zero-order chi connectivity index (χ0) is 22.4. The quantitative estimate of drug-likeness (QED) is 0.505. The smallest absolute Gasteiger partial charge is 0.226 e. The first kappa shape index (κ1) is 22.6. The minimum atomic E-state index is -0.160. The van der Waals surface area contributed by atoms with E-state index in [2.05, 4.69) is 15.5 Å². The van der Waals surface area contributed by atoms with E-state index in [9.17, 15) is 4.79 Å². The number of ether oxygens (including phenoxy) is 2. The van der Waals surface area contributed by atoms with Gasteiger partial charge in [-0.25, -0.2) is 0 Å². The Hall–Kier alpha value is -3.06. The number of nitrogens with one attached hydrogen (secondary N) is 1. The summed E-state index contributed by atoms with van der Waals surface area (Å²) in [5.41, 5.74) is 2.83. The number of nitrogens with zero attached hydrogens (tertiary/aromatic N) is 2. The third-order valence-electron chi connectivity index (χ3n) is 4.98. The van der Waals surface area contributed by atoms with E-state index in [1.807, 2.05) is 38.1 Å². The van der Waals surface area contributed by atoms with Crippen LogP contribution in [0.1, 0.15) is 42.8 Å². The average Bonchev–Trinajstić information content (AvgIpc) is 3.22. The molecule has 0 saturated heterocycles. The number of hydrogen-bond acceptors (Lipinski definition) is 6. The van der Waals surface area contributed by atoms with Gasteiger partial charge in [-0.15, -0.1) is 0 Å². The van der Waals surface area contributed by atoms with Gasteiger partial charge in [0.05, 0.1) is 20.3 Å². The second-order valence-electron chi connectivity index (χ2n) is 7.23. The molecule has 0 spiro atoms. The van der Waals surface area contributed by atoms with Crippen molar-refractivity contribution in [3.05, 3.63) is 58.4 Å². The van der Waals surface area contributed by atoms with Crippen LogP contribution in [0, 0.1) is 6.92 Å². The van der Waals surface area contributed by atoms with E-state index >= 15 is 0 Å². The summed E-state index contributed by atoms with van der Waals surface area (Å²) in [4.78, 5) is 16.8. The fraction of sp³-hybridized carbons (Fsp3) is 0.348. The fourth-order valence-electron chi connectivity index (χ4n) is 3.33. The number of methoxy groups -OCH3 is 2. The number of carbonyl (C=O) groups is 1. The number of hydrogen-bond donors (Lipinski definition) is 1. The summed E-state index contributed by atoms with van der Waals surface area (Å²) in [6, 6.07) is 10.9. The highest BCUT2D eigenvalue weighted by molar-refractivity contribution is 6.30. The molecule has 0 aliphatic carbocycles. The molecule has 1 atom stereocenters. The predicted octanol–water partition coefficient (Wildman–Crippen LogP) is 4.92. The molecule has 0 bridgehead atoms. The van der Waals surface area contributed by atoms with Crippen molar-refractivity contribution in [3.8, 4) is 22.9 Å². The van der Waals surface area contributed by atoms with Gasteiger partial charge >= 0.3 is 0 Å². The molecule has 0 fully saturated rings. The monoisotopic (exact) mass is 443 g/mol. The fourth-order valence-corrected chi connectivity index (χ4v) is 3.45. The lowest BCUT2D eigenvalue weighted by molar-refractivity contribution is -0.121. The highest BCUT2D eigenvalue weighted by Crippen LogP contribution is 2.32. The van der Waals surface area contributed by atoms with Crippen LogP contribution in [-0.4, -0.2) is 30.3 Å². The number of carbonyl (C=O) groups excluding carboxylic acids is 1. The van der Waals surface area contributed by atoms with Crippen LogP contribution in [-0.2, 0) is 11.2 Å². The molecule has 0 aliphatic heterocycles. The van der Waals surface area contributed by atoms with E-state index < -0.39 is 0 Å².